The molecule has 1 aliphatic rings. The highest BCUT2D eigenvalue weighted by molar-refractivity contribution is 5.99. The first kappa shape index (κ1) is 21.6. The molecule has 0 saturated carbocycles. The van der Waals surface area contributed by atoms with Gasteiger partial charge in [0, 0.05) is 12.0 Å². The van der Waals surface area contributed by atoms with Crippen molar-refractivity contribution in [2.24, 2.45) is 5.10 Å². The van der Waals surface area contributed by atoms with Crippen LogP contribution in [0.3, 0.4) is 0 Å². The predicted octanol–water partition coefficient (Wildman–Crippen LogP) is 3.69. The second-order valence-corrected chi connectivity index (χ2v) is 6.53. The number of carbonyl (C=O) groups excluding carboxylic acids is 1. The number of aliphatic hydroxyl groups is 1. The van der Waals surface area contributed by atoms with Crippen LogP contribution in [-0.4, -0.2) is 47.4 Å². The van der Waals surface area contributed by atoms with E-state index in [2.05, 4.69) is 5.10 Å². The molecule has 1 heterocycles. The molecule has 30 heavy (non-hydrogen) atoms. The largest absolute Gasteiger partial charge is 0.497 e. The standard InChI is InChI=1S/C20H18F4N2O4/c1-29-14-5-7-15(8-6-14)30-11-12-3-2-4-13(9-12)18(27)26-20(28,19(23)24)10-16(25-26)17(21)22/h2-9,17,19,28H,10-11H2,1H3. The minimum absolute atomic E-state index is 0.0304. The molecule has 0 aliphatic carbocycles. The van der Waals surface area contributed by atoms with Gasteiger partial charge in [0.2, 0.25) is 5.72 Å². The fraction of sp³-hybridized carbons (Fsp3) is 0.300. The van der Waals surface area contributed by atoms with Crippen LogP contribution in [0, 0.1) is 0 Å². The molecule has 2 aromatic rings. The van der Waals surface area contributed by atoms with Crippen molar-refractivity contribution in [2.45, 2.75) is 31.6 Å². The average Bonchev–Trinajstić information content (AvgIpc) is 3.11. The van der Waals surface area contributed by atoms with Gasteiger partial charge in [0.15, 0.2) is 0 Å². The second-order valence-electron chi connectivity index (χ2n) is 6.53. The smallest absolute Gasteiger partial charge is 0.287 e. The summed E-state index contributed by atoms with van der Waals surface area (Å²) in [6.07, 6.45) is -7.78. The maximum Gasteiger partial charge on any atom is 0.287 e. The summed E-state index contributed by atoms with van der Waals surface area (Å²) in [5, 5.41) is 13.4. The van der Waals surface area contributed by atoms with Gasteiger partial charge >= 0.3 is 0 Å². The summed E-state index contributed by atoms with van der Waals surface area (Å²) in [5.74, 6) is 0.0564. The van der Waals surface area contributed by atoms with Gasteiger partial charge in [-0.2, -0.15) is 10.1 Å². The number of nitrogens with zero attached hydrogens (tertiary/aromatic N) is 2. The van der Waals surface area contributed by atoms with Crippen molar-refractivity contribution in [3.05, 3.63) is 59.7 Å². The molecule has 1 aliphatic heterocycles. The molecule has 0 aromatic heterocycles. The zero-order valence-electron chi connectivity index (χ0n) is 15.8. The zero-order valence-corrected chi connectivity index (χ0v) is 15.8. The van der Waals surface area contributed by atoms with Crippen LogP contribution >= 0.6 is 0 Å². The van der Waals surface area contributed by atoms with E-state index < -0.39 is 36.6 Å². The van der Waals surface area contributed by atoms with Crippen LogP contribution in [0.25, 0.3) is 0 Å². The van der Waals surface area contributed by atoms with E-state index >= 15 is 0 Å². The van der Waals surface area contributed by atoms with Crippen molar-refractivity contribution in [1.29, 1.82) is 0 Å². The second kappa shape index (κ2) is 8.70. The van der Waals surface area contributed by atoms with Gasteiger partial charge < -0.3 is 14.6 Å². The number of hydrazone groups is 1. The van der Waals surface area contributed by atoms with Crippen LogP contribution in [0.2, 0.25) is 0 Å². The van der Waals surface area contributed by atoms with Gasteiger partial charge in [-0.05, 0) is 42.0 Å². The minimum Gasteiger partial charge on any atom is -0.497 e. The fourth-order valence-corrected chi connectivity index (χ4v) is 2.86. The number of amides is 1. The number of carbonyl (C=O) groups is 1. The number of ether oxygens (including phenoxy) is 2. The minimum atomic E-state index is -3.48. The third-order valence-corrected chi connectivity index (χ3v) is 4.47. The lowest BCUT2D eigenvalue weighted by Crippen LogP contribution is -2.51. The fourth-order valence-electron chi connectivity index (χ4n) is 2.86. The molecule has 0 fully saturated rings. The summed E-state index contributed by atoms with van der Waals surface area (Å²) in [4.78, 5) is 12.7. The molecule has 1 amide bonds. The molecular weight excluding hydrogens is 408 g/mol. The van der Waals surface area contributed by atoms with Gasteiger partial charge in [-0.15, -0.1) is 0 Å². The highest BCUT2D eigenvalue weighted by Crippen LogP contribution is 2.34. The molecule has 1 N–H and O–H groups in total. The normalized spacial score (nSPS) is 18.7. The molecule has 10 heteroatoms. The molecule has 2 aromatic carbocycles. The first-order chi connectivity index (χ1) is 14.2. The molecule has 1 atom stereocenters. The van der Waals surface area contributed by atoms with Gasteiger partial charge in [-0.1, -0.05) is 12.1 Å². The Bertz CT molecular complexity index is 937. The molecule has 0 spiro atoms. The maximum atomic E-state index is 13.3. The third kappa shape index (κ3) is 4.38. The van der Waals surface area contributed by atoms with Gasteiger partial charge in [0.25, 0.3) is 18.8 Å². The lowest BCUT2D eigenvalue weighted by Gasteiger charge is -2.30. The van der Waals surface area contributed by atoms with Crippen LogP contribution in [0.1, 0.15) is 22.3 Å². The summed E-state index contributed by atoms with van der Waals surface area (Å²) >= 11 is 0. The molecule has 0 bridgehead atoms. The monoisotopic (exact) mass is 426 g/mol. The van der Waals surface area contributed by atoms with Crippen LogP contribution in [0.4, 0.5) is 17.6 Å². The zero-order chi connectivity index (χ0) is 21.9. The molecular formula is C20H18F4N2O4. The number of methoxy groups -OCH3 is 1. The third-order valence-electron chi connectivity index (χ3n) is 4.47. The average molecular weight is 426 g/mol. The van der Waals surface area contributed by atoms with Crippen molar-refractivity contribution in [1.82, 2.24) is 5.01 Å². The van der Waals surface area contributed by atoms with Crippen molar-refractivity contribution in [3.8, 4) is 11.5 Å². The van der Waals surface area contributed by atoms with E-state index in [1.807, 2.05) is 0 Å². The number of benzene rings is 2. The number of halogens is 4. The topological polar surface area (TPSA) is 71.4 Å². The van der Waals surface area contributed by atoms with E-state index in [-0.39, 0.29) is 17.2 Å². The summed E-state index contributed by atoms with van der Waals surface area (Å²) in [6.45, 7) is 0.0537. The lowest BCUT2D eigenvalue weighted by atomic mass is 10.1. The highest BCUT2D eigenvalue weighted by Gasteiger charge is 2.53. The van der Waals surface area contributed by atoms with Crippen molar-refractivity contribution >= 4 is 11.6 Å². The number of rotatable bonds is 7. The van der Waals surface area contributed by atoms with Gasteiger partial charge in [0.05, 0.1) is 7.11 Å². The van der Waals surface area contributed by atoms with Crippen molar-refractivity contribution in [2.75, 3.05) is 7.11 Å². The first-order valence-electron chi connectivity index (χ1n) is 8.81. The first-order valence-corrected chi connectivity index (χ1v) is 8.81. The molecule has 160 valence electrons. The van der Waals surface area contributed by atoms with Crippen LogP contribution in [0.5, 0.6) is 11.5 Å². The van der Waals surface area contributed by atoms with E-state index in [0.29, 0.717) is 17.1 Å². The van der Waals surface area contributed by atoms with Gasteiger partial charge in [-0.3, -0.25) is 4.79 Å². The summed E-state index contributed by atoms with van der Waals surface area (Å²) < 4.78 is 63.1. The Morgan fingerprint density at radius 3 is 2.43 bits per heavy atom. The Morgan fingerprint density at radius 2 is 1.83 bits per heavy atom. The molecule has 0 radical (unpaired) electrons. The van der Waals surface area contributed by atoms with Gasteiger partial charge in [0.1, 0.15) is 23.8 Å². The van der Waals surface area contributed by atoms with Crippen LogP contribution in [0.15, 0.2) is 53.6 Å². The summed E-state index contributed by atoms with van der Waals surface area (Å²) in [7, 11) is 1.53. The van der Waals surface area contributed by atoms with Crippen LogP contribution in [-0.2, 0) is 6.61 Å². The Balaban J connectivity index is 1.77. The SMILES string of the molecule is COc1ccc(OCc2cccc(C(=O)N3N=C(C(F)F)CC3(O)C(F)F)c2)cc1. The van der Waals surface area contributed by atoms with E-state index in [1.54, 1.807) is 30.3 Å². The number of hydrogen-bond acceptors (Lipinski definition) is 5. The Kier molecular flexibility index (Phi) is 6.25. The van der Waals surface area contributed by atoms with Gasteiger partial charge in [-0.25, -0.2) is 17.6 Å². The molecule has 3 rings (SSSR count). The van der Waals surface area contributed by atoms with E-state index in [0.717, 1.165) is 0 Å². The summed E-state index contributed by atoms with van der Waals surface area (Å²) in [5.41, 5.74) is -3.69. The van der Waals surface area contributed by atoms with E-state index in [9.17, 15) is 27.5 Å². The Hall–Kier alpha value is -3.14. The molecule has 6 nitrogen and oxygen atoms in total. The maximum absolute atomic E-state index is 13.3. The summed E-state index contributed by atoms with van der Waals surface area (Å²) in [6, 6.07) is 12.5. The van der Waals surface area contributed by atoms with Crippen molar-refractivity contribution < 1.29 is 36.9 Å². The highest BCUT2D eigenvalue weighted by atomic mass is 19.3. The van der Waals surface area contributed by atoms with Crippen molar-refractivity contribution in [3.63, 3.8) is 0 Å². The molecule has 1 unspecified atom stereocenters. The predicted molar refractivity (Wildman–Crippen MR) is 98.9 cm³/mol. The van der Waals surface area contributed by atoms with Crippen LogP contribution < -0.4 is 9.47 Å². The Labute approximate surface area is 169 Å². The molecule has 0 saturated heterocycles. The number of hydrogen-bond donors (Lipinski definition) is 1. The Morgan fingerprint density at radius 1 is 1.17 bits per heavy atom. The quantitative estimate of drug-likeness (QED) is 0.686. The lowest BCUT2D eigenvalue weighted by molar-refractivity contribution is -0.164. The van der Waals surface area contributed by atoms with E-state index in [4.69, 9.17) is 9.47 Å². The number of alkyl halides is 4. The van der Waals surface area contributed by atoms with E-state index in [1.165, 1.54) is 25.3 Å².